The number of pyridine rings is 1. The van der Waals surface area contributed by atoms with Crippen LogP contribution < -0.4 is 18.9 Å². The van der Waals surface area contributed by atoms with Gasteiger partial charge in [-0.25, -0.2) is 4.79 Å². The topological polar surface area (TPSA) is 66.9 Å². The van der Waals surface area contributed by atoms with Crippen molar-refractivity contribution < 1.29 is 23.7 Å². The van der Waals surface area contributed by atoms with Gasteiger partial charge < -0.3 is 18.9 Å². The first-order valence-electron chi connectivity index (χ1n) is 6.21. The molecule has 2 aromatic rings. The Morgan fingerprint density at radius 3 is 2.18 bits per heavy atom. The van der Waals surface area contributed by atoms with E-state index in [1.807, 2.05) is 0 Å². The van der Waals surface area contributed by atoms with Gasteiger partial charge in [-0.3, -0.25) is 4.98 Å². The predicted molar refractivity (Wildman–Crippen MR) is 80.3 cm³/mol. The normalized spacial score (nSPS) is 10.0. The standard InChI is InChI=1S/C15H14ClNO5/c1-19-12-6-14(21-3)13(20-2)5-11(12)15(18)22-10-4-9(16)7-17-8-10/h4-8H,1-3H3. The summed E-state index contributed by atoms with van der Waals surface area (Å²) in [6.45, 7) is 0. The summed E-state index contributed by atoms with van der Waals surface area (Å²) < 4.78 is 20.8. The van der Waals surface area contributed by atoms with Crippen molar-refractivity contribution in [1.82, 2.24) is 4.98 Å². The third-order valence-electron chi connectivity index (χ3n) is 2.82. The average molecular weight is 324 g/mol. The van der Waals surface area contributed by atoms with Crippen molar-refractivity contribution in [3.63, 3.8) is 0 Å². The molecule has 0 bridgehead atoms. The van der Waals surface area contributed by atoms with E-state index < -0.39 is 5.97 Å². The molecule has 0 aliphatic carbocycles. The number of hydrogen-bond acceptors (Lipinski definition) is 6. The first kappa shape index (κ1) is 15.9. The molecule has 7 heteroatoms. The van der Waals surface area contributed by atoms with E-state index in [4.69, 9.17) is 30.5 Å². The molecule has 116 valence electrons. The number of benzene rings is 1. The van der Waals surface area contributed by atoms with Crippen LogP contribution in [-0.4, -0.2) is 32.3 Å². The number of methoxy groups -OCH3 is 3. The zero-order valence-electron chi connectivity index (χ0n) is 12.3. The van der Waals surface area contributed by atoms with Crippen molar-refractivity contribution in [3.8, 4) is 23.0 Å². The Hall–Kier alpha value is -2.47. The number of aromatic nitrogens is 1. The van der Waals surface area contributed by atoms with Crippen LogP contribution in [0.1, 0.15) is 10.4 Å². The van der Waals surface area contributed by atoms with Gasteiger partial charge in [0.05, 0.1) is 32.5 Å². The molecular weight excluding hydrogens is 310 g/mol. The van der Waals surface area contributed by atoms with Gasteiger partial charge in [0.2, 0.25) is 0 Å². The van der Waals surface area contributed by atoms with Gasteiger partial charge in [-0.15, -0.1) is 0 Å². The summed E-state index contributed by atoms with van der Waals surface area (Å²) in [6, 6.07) is 4.52. The van der Waals surface area contributed by atoms with Crippen LogP contribution in [-0.2, 0) is 0 Å². The molecule has 0 aliphatic rings. The van der Waals surface area contributed by atoms with Crippen LogP contribution in [0.5, 0.6) is 23.0 Å². The number of carbonyl (C=O) groups is 1. The number of ether oxygens (including phenoxy) is 4. The predicted octanol–water partition coefficient (Wildman–Crippen LogP) is 2.98. The molecule has 0 radical (unpaired) electrons. The lowest BCUT2D eigenvalue weighted by molar-refractivity contribution is 0.0730. The van der Waals surface area contributed by atoms with E-state index in [1.54, 1.807) is 6.07 Å². The highest BCUT2D eigenvalue weighted by molar-refractivity contribution is 6.30. The molecule has 0 fully saturated rings. The van der Waals surface area contributed by atoms with E-state index in [0.717, 1.165) is 0 Å². The Kier molecular flexibility index (Phi) is 5.06. The molecule has 6 nitrogen and oxygen atoms in total. The molecule has 22 heavy (non-hydrogen) atoms. The van der Waals surface area contributed by atoms with Crippen molar-refractivity contribution in [3.05, 3.63) is 41.2 Å². The van der Waals surface area contributed by atoms with E-state index in [1.165, 1.54) is 45.9 Å². The lowest BCUT2D eigenvalue weighted by Crippen LogP contribution is -2.11. The third-order valence-corrected chi connectivity index (χ3v) is 3.02. The summed E-state index contributed by atoms with van der Waals surface area (Å²) >= 11 is 5.81. The molecular formula is C15H14ClNO5. The number of nitrogens with zero attached hydrogens (tertiary/aromatic N) is 1. The second-order valence-corrected chi connectivity index (χ2v) is 4.57. The lowest BCUT2D eigenvalue weighted by Gasteiger charge is -2.13. The summed E-state index contributed by atoms with van der Waals surface area (Å²) in [7, 11) is 4.41. The third kappa shape index (κ3) is 3.40. The van der Waals surface area contributed by atoms with Crippen LogP contribution >= 0.6 is 11.6 Å². The molecule has 0 unspecified atom stereocenters. The van der Waals surface area contributed by atoms with Crippen molar-refractivity contribution in [2.45, 2.75) is 0 Å². The first-order valence-corrected chi connectivity index (χ1v) is 6.59. The molecule has 0 saturated heterocycles. The van der Waals surface area contributed by atoms with Gasteiger partial charge in [0, 0.05) is 24.4 Å². The minimum Gasteiger partial charge on any atom is -0.496 e. The molecule has 0 N–H and O–H groups in total. The fourth-order valence-corrected chi connectivity index (χ4v) is 1.96. The van der Waals surface area contributed by atoms with Gasteiger partial charge in [-0.1, -0.05) is 11.6 Å². The summed E-state index contributed by atoms with van der Waals surface area (Å²) in [5.41, 5.74) is 0.195. The Morgan fingerprint density at radius 1 is 0.955 bits per heavy atom. The van der Waals surface area contributed by atoms with Gasteiger partial charge in [0.25, 0.3) is 0 Å². The van der Waals surface area contributed by atoms with Crippen LogP contribution in [0, 0.1) is 0 Å². The summed E-state index contributed by atoms with van der Waals surface area (Å²) in [4.78, 5) is 16.2. The zero-order valence-corrected chi connectivity index (χ0v) is 13.0. The van der Waals surface area contributed by atoms with Crippen LogP contribution in [0.4, 0.5) is 0 Å². The molecule has 0 saturated carbocycles. The fraction of sp³-hybridized carbons (Fsp3) is 0.200. The smallest absolute Gasteiger partial charge is 0.347 e. The molecule has 0 spiro atoms. The maximum absolute atomic E-state index is 12.3. The second-order valence-electron chi connectivity index (χ2n) is 4.14. The largest absolute Gasteiger partial charge is 0.496 e. The second kappa shape index (κ2) is 7.00. The molecule has 0 aliphatic heterocycles. The maximum atomic E-state index is 12.3. The van der Waals surface area contributed by atoms with E-state index in [2.05, 4.69) is 4.98 Å². The fourth-order valence-electron chi connectivity index (χ4n) is 1.80. The highest BCUT2D eigenvalue weighted by Crippen LogP contribution is 2.35. The Balaban J connectivity index is 2.36. The van der Waals surface area contributed by atoms with E-state index in [-0.39, 0.29) is 11.3 Å². The van der Waals surface area contributed by atoms with Crippen molar-refractivity contribution in [1.29, 1.82) is 0 Å². The number of carbonyl (C=O) groups excluding carboxylic acids is 1. The Labute approximate surface area is 132 Å². The number of halogens is 1. The zero-order chi connectivity index (χ0) is 16.1. The van der Waals surface area contributed by atoms with Gasteiger partial charge in [0.15, 0.2) is 17.2 Å². The number of esters is 1. The van der Waals surface area contributed by atoms with Gasteiger partial charge >= 0.3 is 5.97 Å². The average Bonchev–Trinajstić information content (AvgIpc) is 2.53. The molecule has 1 heterocycles. The Bertz CT molecular complexity index is 690. The maximum Gasteiger partial charge on any atom is 0.347 e. The summed E-state index contributed by atoms with van der Waals surface area (Å²) in [6.07, 6.45) is 2.83. The SMILES string of the molecule is COc1cc(OC)c(C(=O)Oc2cncc(Cl)c2)cc1OC. The number of hydrogen-bond donors (Lipinski definition) is 0. The Morgan fingerprint density at radius 2 is 1.59 bits per heavy atom. The molecule has 0 atom stereocenters. The molecule has 0 amide bonds. The van der Waals surface area contributed by atoms with Crippen LogP contribution in [0.15, 0.2) is 30.6 Å². The molecule has 1 aromatic carbocycles. The minimum absolute atomic E-state index is 0.195. The molecule has 1 aromatic heterocycles. The molecule has 2 rings (SSSR count). The number of rotatable bonds is 5. The van der Waals surface area contributed by atoms with E-state index in [0.29, 0.717) is 22.3 Å². The van der Waals surface area contributed by atoms with Crippen LogP contribution in [0.25, 0.3) is 0 Å². The van der Waals surface area contributed by atoms with Crippen LogP contribution in [0.2, 0.25) is 5.02 Å². The van der Waals surface area contributed by atoms with Crippen molar-refractivity contribution in [2.24, 2.45) is 0 Å². The minimum atomic E-state index is -0.623. The van der Waals surface area contributed by atoms with Gasteiger partial charge in [-0.2, -0.15) is 0 Å². The van der Waals surface area contributed by atoms with Crippen molar-refractivity contribution in [2.75, 3.05) is 21.3 Å². The summed E-state index contributed by atoms with van der Waals surface area (Å²) in [5, 5.41) is 0.365. The summed E-state index contributed by atoms with van der Waals surface area (Å²) in [5.74, 6) is 0.744. The van der Waals surface area contributed by atoms with Gasteiger partial charge in [-0.05, 0) is 0 Å². The van der Waals surface area contributed by atoms with E-state index in [9.17, 15) is 4.79 Å². The quantitative estimate of drug-likeness (QED) is 0.788. The highest BCUT2D eigenvalue weighted by Gasteiger charge is 2.19. The lowest BCUT2D eigenvalue weighted by atomic mass is 10.1. The van der Waals surface area contributed by atoms with Crippen LogP contribution in [0.3, 0.4) is 0 Å². The van der Waals surface area contributed by atoms with E-state index >= 15 is 0 Å². The monoisotopic (exact) mass is 323 g/mol. The highest BCUT2D eigenvalue weighted by atomic mass is 35.5. The van der Waals surface area contributed by atoms with Gasteiger partial charge in [0.1, 0.15) is 11.3 Å². The van der Waals surface area contributed by atoms with Crippen molar-refractivity contribution >= 4 is 17.6 Å². The first-order chi connectivity index (χ1) is 10.6.